The number of nitrogens with zero attached hydrogens (tertiary/aromatic N) is 2. The molecule has 1 aromatic carbocycles. The van der Waals surface area contributed by atoms with E-state index in [4.69, 9.17) is 14.5 Å². The Morgan fingerprint density at radius 3 is 2.63 bits per heavy atom. The Balaban J connectivity index is 1.56. The van der Waals surface area contributed by atoms with Gasteiger partial charge >= 0.3 is 6.09 Å². The molecule has 0 atom stereocenters. The van der Waals surface area contributed by atoms with Crippen molar-refractivity contribution in [2.75, 3.05) is 20.2 Å². The molecule has 1 aliphatic heterocycles. The molecule has 1 amide bonds. The molecule has 1 aliphatic carbocycles. The lowest BCUT2D eigenvalue weighted by Gasteiger charge is -2.30. The van der Waals surface area contributed by atoms with Crippen molar-refractivity contribution < 1.29 is 14.3 Å². The summed E-state index contributed by atoms with van der Waals surface area (Å²) in [5.41, 5.74) is 6.38. The van der Waals surface area contributed by atoms with Gasteiger partial charge < -0.3 is 14.4 Å². The van der Waals surface area contributed by atoms with E-state index in [2.05, 4.69) is 24.3 Å². The zero-order valence-corrected chi connectivity index (χ0v) is 18.1. The van der Waals surface area contributed by atoms with Crippen LogP contribution >= 0.6 is 0 Å². The van der Waals surface area contributed by atoms with Gasteiger partial charge in [0, 0.05) is 42.4 Å². The zero-order chi connectivity index (χ0) is 21.3. The van der Waals surface area contributed by atoms with Gasteiger partial charge in [-0.3, -0.25) is 4.98 Å². The van der Waals surface area contributed by atoms with Crippen molar-refractivity contribution in [1.29, 1.82) is 0 Å². The predicted molar refractivity (Wildman–Crippen MR) is 118 cm³/mol. The average Bonchev–Trinajstić information content (AvgIpc) is 3.16. The van der Waals surface area contributed by atoms with E-state index in [0.717, 1.165) is 35.4 Å². The molecule has 0 unspecified atom stereocenters. The van der Waals surface area contributed by atoms with E-state index < -0.39 is 5.60 Å². The molecular weight excluding hydrogens is 376 g/mol. The Bertz CT molecular complexity index is 1030. The van der Waals surface area contributed by atoms with Crippen molar-refractivity contribution in [3.8, 4) is 16.9 Å². The lowest BCUT2D eigenvalue weighted by molar-refractivity contribution is 0.0267. The number of carbonyl (C=O) groups excluding carboxylic acids is 1. The summed E-state index contributed by atoms with van der Waals surface area (Å²) in [6.07, 6.45) is 7.71. The summed E-state index contributed by atoms with van der Waals surface area (Å²) in [6, 6.07) is 10.2. The molecule has 2 heterocycles. The van der Waals surface area contributed by atoms with Crippen LogP contribution in [0.4, 0.5) is 4.79 Å². The minimum Gasteiger partial charge on any atom is -0.496 e. The Morgan fingerprint density at radius 1 is 1.13 bits per heavy atom. The molecule has 4 rings (SSSR count). The molecule has 0 bridgehead atoms. The minimum absolute atomic E-state index is 0.251. The second kappa shape index (κ2) is 7.98. The van der Waals surface area contributed by atoms with Gasteiger partial charge in [0.25, 0.3) is 0 Å². The molecule has 5 heteroatoms. The molecule has 1 aromatic heterocycles. The van der Waals surface area contributed by atoms with Crippen LogP contribution in [-0.4, -0.2) is 41.8 Å². The molecule has 2 aliphatic rings. The molecule has 156 valence electrons. The largest absolute Gasteiger partial charge is 0.496 e. The second-order valence-electron chi connectivity index (χ2n) is 8.65. The molecule has 0 saturated carbocycles. The Kier molecular flexibility index (Phi) is 5.37. The van der Waals surface area contributed by atoms with E-state index in [1.165, 1.54) is 16.7 Å². The van der Waals surface area contributed by atoms with E-state index in [-0.39, 0.29) is 6.09 Å². The highest BCUT2D eigenvalue weighted by Gasteiger charge is 2.26. The number of amides is 1. The van der Waals surface area contributed by atoms with Gasteiger partial charge in [-0.15, -0.1) is 0 Å². The normalized spacial score (nSPS) is 15.9. The Labute approximate surface area is 178 Å². The maximum absolute atomic E-state index is 12.3. The van der Waals surface area contributed by atoms with Crippen molar-refractivity contribution in [3.63, 3.8) is 0 Å². The number of aromatic nitrogens is 1. The smallest absolute Gasteiger partial charge is 0.410 e. The molecule has 0 fully saturated rings. The van der Waals surface area contributed by atoms with Crippen molar-refractivity contribution in [2.45, 2.75) is 39.2 Å². The van der Waals surface area contributed by atoms with Crippen LogP contribution in [-0.2, 0) is 11.2 Å². The van der Waals surface area contributed by atoms with Crippen LogP contribution in [0.5, 0.6) is 5.75 Å². The number of benzene rings is 1. The summed E-state index contributed by atoms with van der Waals surface area (Å²) in [6.45, 7) is 6.90. The topological polar surface area (TPSA) is 51.7 Å². The molecule has 2 aromatic rings. The molecular formula is C25H28N2O3. The Morgan fingerprint density at radius 2 is 1.93 bits per heavy atom. The van der Waals surface area contributed by atoms with Gasteiger partial charge in [-0.1, -0.05) is 30.4 Å². The predicted octanol–water partition coefficient (Wildman–Crippen LogP) is 5.26. The quantitative estimate of drug-likeness (QED) is 0.700. The molecule has 30 heavy (non-hydrogen) atoms. The molecule has 0 radical (unpaired) electrons. The highest BCUT2D eigenvalue weighted by Crippen LogP contribution is 2.38. The van der Waals surface area contributed by atoms with Gasteiger partial charge in [0.05, 0.1) is 12.8 Å². The number of hydrogen-bond donors (Lipinski definition) is 0. The number of hydrogen-bond acceptors (Lipinski definition) is 4. The van der Waals surface area contributed by atoms with Crippen LogP contribution in [0.25, 0.3) is 16.7 Å². The lowest BCUT2D eigenvalue weighted by atomic mass is 9.94. The number of fused-ring (bicyclic) bond motifs is 1. The van der Waals surface area contributed by atoms with Crippen molar-refractivity contribution in [2.24, 2.45) is 0 Å². The molecule has 0 spiro atoms. The maximum Gasteiger partial charge on any atom is 0.410 e. The number of methoxy groups -OCH3 is 1. The molecule has 0 saturated heterocycles. The van der Waals surface area contributed by atoms with Crippen molar-refractivity contribution >= 4 is 11.7 Å². The van der Waals surface area contributed by atoms with E-state index in [9.17, 15) is 4.79 Å². The fourth-order valence-electron chi connectivity index (χ4n) is 3.94. The minimum atomic E-state index is -0.478. The van der Waals surface area contributed by atoms with Crippen molar-refractivity contribution in [1.82, 2.24) is 9.88 Å². The first-order valence-corrected chi connectivity index (χ1v) is 10.4. The fourth-order valence-corrected chi connectivity index (χ4v) is 3.94. The van der Waals surface area contributed by atoms with Gasteiger partial charge in [0.1, 0.15) is 11.4 Å². The van der Waals surface area contributed by atoms with E-state index in [0.29, 0.717) is 13.1 Å². The van der Waals surface area contributed by atoms with Crippen LogP contribution in [0.15, 0.2) is 54.3 Å². The number of pyridine rings is 1. The maximum atomic E-state index is 12.3. The summed E-state index contributed by atoms with van der Waals surface area (Å²) >= 11 is 0. The third kappa shape index (κ3) is 4.11. The van der Waals surface area contributed by atoms with Crippen LogP contribution in [0.3, 0.4) is 0 Å². The van der Waals surface area contributed by atoms with Gasteiger partial charge in [-0.25, -0.2) is 4.79 Å². The van der Waals surface area contributed by atoms with Crippen LogP contribution in [0.2, 0.25) is 0 Å². The first-order chi connectivity index (χ1) is 14.4. The van der Waals surface area contributed by atoms with Crippen molar-refractivity contribution in [3.05, 3.63) is 65.5 Å². The number of allylic oxidation sites excluding steroid dienone is 2. The number of ether oxygens (including phenoxy) is 2. The molecule has 5 nitrogen and oxygen atoms in total. The van der Waals surface area contributed by atoms with E-state index in [1.807, 2.05) is 45.2 Å². The average molecular weight is 405 g/mol. The van der Waals surface area contributed by atoms with E-state index in [1.54, 1.807) is 12.0 Å². The highest BCUT2D eigenvalue weighted by atomic mass is 16.6. The fraction of sp³-hybridized carbons (Fsp3) is 0.360. The summed E-state index contributed by atoms with van der Waals surface area (Å²) in [4.78, 5) is 18.8. The third-order valence-corrected chi connectivity index (χ3v) is 5.38. The summed E-state index contributed by atoms with van der Waals surface area (Å²) in [5.74, 6) is 0.840. The van der Waals surface area contributed by atoms with Gasteiger partial charge in [-0.05, 0) is 50.5 Å². The van der Waals surface area contributed by atoms with Crippen LogP contribution in [0, 0.1) is 0 Å². The van der Waals surface area contributed by atoms with Gasteiger partial charge in [0.2, 0.25) is 0 Å². The SMILES string of the molecule is COc1ccccc1-c1cnc2c(c1)C(C1=CCN(C(=O)OC(C)(C)C)CC1)=CC2. The summed E-state index contributed by atoms with van der Waals surface area (Å²) < 4.78 is 11.0. The van der Waals surface area contributed by atoms with Gasteiger partial charge in [-0.2, -0.15) is 0 Å². The van der Waals surface area contributed by atoms with Crippen LogP contribution in [0.1, 0.15) is 38.4 Å². The summed E-state index contributed by atoms with van der Waals surface area (Å²) in [7, 11) is 1.69. The highest BCUT2D eigenvalue weighted by molar-refractivity contribution is 5.86. The standard InChI is InChI=1S/C25H28N2O3/c1-25(2,3)30-24(28)27-13-11-17(12-14-27)19-9-10-22-21(19)15-18(16-26-22)20-7-5-6-8-23(20)29-4/h5-9,11,15-16H,10,12-14H2,1-4H3. The number of para-hydroxylation sites is 1. The number of rotatable bonds is 3. The second-order valence-corrected chi connectivity index (χ2v) is 8.65. The number of carbonyl (C=O) groups is 1. The zero-order valence-electron chi connectivity index (χ0n) is 18.1. The third-order valence-electron chi connectivity index (χ3n) is 5.38. The summed E-state index contributed by atoms with van der Waals surface area (Å²) in [5, 5.41) is 0. The Hall–Kier alpha value is -3.08. The first-order valence-electron chi connectivity index (χ1n) is 10.4. The van der Waals surface area contributed by atoms with Gasteiger partial charge in [0.15, 0.2) is 0 Å². The molecule has 0 N–H and O–H groups in total. The first kappa shape index (κ1) is 20.2. The van der Waals surface area contributed by atoms with Crippen LogP contribution < -0.4 is 4.74 Å². The lowest BCUT2D eigenvalue weighted by Crippen LogP contribution is -2.39. The van der Waals surface area contributed by atoms with E-state index >= 15 is 0 Å². The monoisotopic (exact) mass is 404 g/mol.